The lowest BCUT2D eigenvalue weighted by molar-refractivity contribution is -0.143. The van der Waals surface area contributed by atoms with Crippen molar-refractivity contribution in [1.82, 2.24) is 5.32 Å². The zero-order valence-electron chi connectivity index (χ0n) is 10.6. The van der Waals surface area contributed by atoms with Crippen LogP contribution in [-0.2, 0) is 9.59 Å². The minimum atomic E-state index is -0.703. The normalized spacial score (nSPS) is 25.2. The number of nitrogens with one attached hydrogen (secondary N) is 1. The average Bonchev–Trinajstić information content (AvgIpc) is 2.36. The van der Waals surface area contributed by atoms with Gasteiger partial charge in [-0.05, 0) is 38.0 Å². The predicted molar refractivity (Wildman–Crippen MR) is 68.9 cm³/mol. The highest BCUT2D eigenvalue weighted by Crippen LogP contribution is 2.28. The van der Waals surface area contributed by atoms with E-state index in [0.29, 0.717) is 31.7 Å². The number of carboxylic acids is 1. The number of carboxylic acid groups (broad SMARTS) is 1. The first kappa shape index (κ1) is 14.7. The van der Waals surface area contributed by atoms with Crippen molar-refractivity contribution in [3.63, 3.8) is 0 Å². The predicted octanol–water partition coefficient (Wildman–Crippen LogP) is 0.897. The van der Waals surface area contributed by atoms with Gasteiger partial charge in [0.1, 0.15) is 0 Å². The third-order valence-electron chi connectivity index (χ3n) is 3.52. The molecular weight excluding hydrogens is 232 g/mol. The molecule has 1 atom stereocenters. The Morgan fingerprint density at radius 2 is 2.00 bits per heavy atom. The molecule has 4 N–H and O–H groups in total. The van der Waals surface area contributed by atoms with E-state index in [1.165, 1.54) is 0 Å². The summed E-state index contributed by atoms with van der Waals surface area (Å²) in [6.07, 6.45) is 5.21. The molecule has 102 valence electrons. The molecule has 5 heteroatoms. The standard InChI is InChI=1S/C13H22N2O3/c1-2-3-11(14)12(16)15-8-9-4-6-10(7-5-9)13(17)18/h2,9-11H,1,3-8,14H2,(H,15,16)(H,17,18). The average molecular weight is 254 g/mol. The third kappa shape index (κ3) is 4.49. The molecule has 0 saturated heterocycles. The topological polar surface area (TPSA) is 92.4 Å². The molecule has 0 aliphatic heterocycles. The second-order valence-electron chi connectivity index (χ2n) is 4.93. The van der Waals surface area contributed by atoms with Gasteiger partial charge in [0.15, 0.2) is 0 Å². The van der Waals surface area contributed by atoms with E-state index in [-0.39, 0.29) is 11.8 Å². The molecule has 0 aromatic rings. The molecule has 1 saturated carbocycles. The van der Waals surface area contributed by atoms with Gasteiger partial charge in [0.2, 0.25) is 5.91 Å². The van der Waals surface area contributed by atoms with Gasteiger partial charge in [-0.15, -0.1) is 6.58 Å². The fourth-order valence-corrected chi connectivity index (χ4v) is 2.28. The largest absolute Gasteiger partial charge is 0.481 e. The molecule has 0 spiro atoms. The van der Waals surface area contributed by atoms with Crippen LogP contribution < -0.4 is 11.1 Å². The summed E-state index contributed by atoms with van der Waals surface area (Å²) >= 11 is 0. The van der Waals surface area contributed by atoms with E-state index >= 15 is 0 Å². The minimum Gasteiger partial charge on any atom is -0.481 e. The number of hydrogen-bond donors (Lipinski definition) is 3. The van der Waals surface area contributed by atoms with Crippen LogP contribution >= 0.6 is 0 Å². The zero-order valence-corrected chi connectivity index (χ0v) is 10.6. The van der Waals surface area contributed by atoms with Crippen molar-refractivity contribution in [2.24, 2.45) is 17.6 Å². The Hall–Kier alpha value is -1.36. The van der Waals surface area contributed by atoms with Crippen LogP contribution in [0.2, 0.25) is 0 Å². The van der Waals surface area contributed by atoms with Crippen LogP contribution in [0.15, 0.2) is 12.7 Å². The Bertz CT molecular complexity index is 309. The van der Waals surface area contributed by atoms with E-state index in [0.717, 1.165) is 12.8 Å². The van der Waals surface area contributed by atoms with Crippen molar-refractivity contribution in [3.8, 4) is 0 Å². The van der Waals surface area contributed by atoms with Gasteiger partial charge in [-0.25, -0.2) is 0 Å². The summed E-state index contributed by atoms with van der Waals surface area (Å²) in [5.74, 6) is -0.693. The SMILES string of the molecule is C=CCC(N)C(=O)NCC1CCC(C(=O)O)CC1. The zero-order chi connectivity index (χ0) is 13.5. The summed E-state index contributed by atoms with van der Waals surface area (Å²) in [6.45, 7) is 4.14. The lowest BCUT2D eigenvalue weighted by Gasteiger charge is -2.26. The lowest BCUT2D eigenvalue weighted by Crippen LogP contribution is -2.42. The van der Waals surface area contributed by atoms with Crippen molar-refractivity contribution >= 4 is 11.9 Å². The number of carbonyl (C=O) groups is 2. The Morgan fingerprint density at radius 3 is 2.50 bits per heavy atom. The smallest absolute Gasteiger partial charge is 0.306 e. The molecule has 0 aromatic heterocycles. The fourth-order valence-electron chi connectivity index (χ4n) is 2.28. The Balaban J connectivity index is 2.23. The highest BCUT2D eigenvalue weighted by molar-refractivity contribution is 5.81. The second-order valence-corrected chi connectivity index (χ2v) is 4.93. The molecule has 5 nitrogen and oxygen atoms in total. The Morgan fingerprint density at radius 1 is 1.39 bits per heavy atom. The minimum absolute atomic E-state index is 0.157. The van der Waals surface area contributed by atoms with Crippen molar-refractivity contribution in [2.75, 3.05) is 6.54 Å². The fraction of sp³-hybridized carbons (Fsp3) is 0.692. The summed E-state index contributed by atoms with van der Waals surface area (Å²) in [4.78, 5) is 22.4. The molecule has 1 fully saturated rings. The molecule has 0 heterocycles. The molecule has 1 unspecified atom stereocenters. The van der Waals surface area contributed by atoms with E-state index in [4.69, 9.17) is 10.8 Å². The van der Waals surface area contributed by atoms with E-state index < -0.39 is 12.0 Å². The molecule has 0 bridgehead atoms. The van der Waals surface area contributed by atoms with Gasteiger partial charge in [0, 0.05) is 6.54 Å². The van der Waals surface area contributed by atoms with Crippen LogP contribution in [0.1, 0.15) is 32.1 Å². The van der Waals surface area contributed by atoms with Gasteiger partial charge < -0.3 is 16.2 Å². The highest BCUT2D eigenvalue weighted by Gasteiger charge is 2.26. The number of carbonyl (C=O) groups excluding carboxylic acids is 1. The first-order chi connectivity index (χ1) is 8.54. The monoisotopic (exact) mass is 254 g/mol. The van der Waals surface area contributed by atoms with Gasteiger partial charge in [-0.1, -0.05) is 6.08 Å². The number of amides is 1. The Labute approximate surface area is 107 Å². The van der Waals surface area contributed by atoms with E-state index in [1.54, 1.807) is 6.08 Å². The molecule has 1 aliphatic carbocycles. The Kier molecular flexibility index (Phi) is 5.85. The first-order valence-corrected chi connectivity index (χ1v) is 6.41. The summed E-state index contributed by atoms with van der Waals surface area (Å²) in [5.41, 5.74) is 5.64. The van der Waals surface area contributed by atoms with Gasteiger partial charge in [0.25, 0.3) is 0 Å². The van der Waals surface area contributed by atoms with Gasteiger partial charge in [0.05, 0.1) is 12.0 Å². The van der Waals surface area contributed by atoms with Crippen LogP contribution in [0.25, 0.3) is 0 Å². The van der Waals surface area contributed by atoms with Crippen LogP contribution in [-0.4, -0.2) is 29.6 Å². The molecule has 18 heavy (non-hydrogen) atoms. The molecular formula is C13H22N2O3. The molecule has 0 radical (unpaired) electrons. The molecule has 1 amide bonds. The maximum Gasteiger partial charge on any atom is 0.306 e. The van der Waals surface area contributed by atoms with Crippen LogP contribution in [0.3, 0.4) is 0 Å². The number of nitrogens with two attached hydrogens (primary N) is 1. The quantitative estimate of drug-likeness (QED) is 0.614. The van der Waals surface area contributed by atoms with Crippen molar-refractivity contribution in [2.45, 2.75) is 38.1 Å². The lowest BCUT2D eigenvalue weighted by atomic mass is 9.82. The second kappa shape index (κ2) is 7.16. The van der Waals surface area contributed by atoms with Crippen LogP contribution in [0.4, 0.5) is 0 Å². The maximum atomic E-state index is 11.6. The highest BCUT2D eigenvalue weighted by atomic mass is 16.4. The summed E-state index contributed by atoms with van der Waals surface area (Å²) in [5, 5.41) is 11.7. The molecule has 1 aliphatic rings. The van der Waals surface area contributed by atoms with Crippen molar-refractivity contribution in [1.29, 1.82) is 0 Å². The van der Waals surface area contributed by atoms with Crippen LogP contribution in [0, 0.1) is 11.8 Å². The number of hydrogen-bond acceptors (Lipinski definition) is 3. The summed E-state index contributed by atoms with van der Waals surface area (Å²) in [6, 6.07) is -0.530. The molecule has 1 rings (SSSR count). The first-order valence-electron chi connectivity index (χ1n) is 6.41. The third-order valence-corrected chi connectivity index (χ3v) is 3.52. The number of aliphatic carboxylic acids is 1. The van der Waals surface area contributed by atoms with Crippen molar-refractivity contribution in [3.05, 3.63) is 12.7 Å². The van der Waals surface area contributed by atoms with Gasteiger partial charge >= 0.3 is 5.97 Å². The van der Waals surface area contributed by atoms with Crippen LogP contribution in [0.5, 0.6) is 0 Å². The van der Waals surface area contributed by atoms with Gasteiger partial charge in [-0.3, -0.25) is 9.59 Å². The van der Waals surface area contributed by atoms with E-state index in [1.807, 2.05) is 0 Å². The molecule has 0 aromatic carbocycles. The van der Waals surface area contributed by atoms with Gasteiger partial charge in [-0.2, -0.15) is 0 Å². The summed E-state index contributed by atoms with van der Waals surface area (Å²) in [7, 11) is 0. The summed E-state index contributed by atoms with van der Waals surface area (Å²) < 4.78 is 0. The van der Waals surface area contributed by atoms with Crippen molar-refractivity contribution < 1.29 is 14.7 Å². The van der Waals surface area contributed by atoms with E-state index in [9.17, 15) is 9.59 Å². The number of rotatable bonds is 6. The maximum absolute atomic E-state index is 11.6. The van der Waals surface area contributed by atoms with E-state index in [2.05, 4.69) is 11.9 Å².